The van der Waals surface area contributed by atoms with Crippen LogP contribution in [0, 0.1) is 0 Å². The highest BCUT2D eigenvalue weighted by Gasteiger charge is 2.29. The summed E-state index contributed by atoms with van der Waals surface area (Å²) in [6, 6.07) is 12.5. The van der Waals surface area contributed by atoms with Crippen LogP contribution in [0.4, 0.5) is 5.69 Å². The van der Waals surface area contributed by atoms with E-state index in [0.29, 0.717) is 22.4 Å². The first-order valence-corrected chi connectivity index (χ1v) is 8.60. The van der Waals surface area contributed by atoms with Crippen LogP contribution >= 0.6 is 11.6 Å². The molecule has 1 unspecified atom stereocenters. The van der Waals surface area contributed by atoms with E-state index in [4.69, 9.17) is 20.8 Å². The maximum atomic E-state index is 12.4. The summed E-state index contributed by atoms with van der Waals surface area (Å²) in [7, 11) is 0. The summed E-state index contributed by atoms with van der Waals surface area (Å²) in [6.07, 6.45) is 1.58. The van der Waals surface area contributed by atoms with Crippen molar-refractivity contribution >= 4 is 34.3 Å². The number of halogens is 1. The minimum absolute atomic E-state index is 0.259. The molecule has 3 aromatic rings. The van der Waals surface area contributed by atoms with Gasteiger partial charge in [0.15, 0.2) is 17.6 Å². The van der Waals surface area contributed by atoms with Crippen LogP contribution in [-0.2, 0) is 4.79 Å². The molecule has 0 radical (unpaired) electrons. The number of aromatic nitrogens is 1. The number of carbonyl (C=O) groups is 1. The second-order valence-corrected chi connectivity index (χ2v) is 6.60. The number of hydrogen-bond donors (Lipinski definition) is 1. The normalized spacial score (nSPS) is 15.1. The van der Waals surface area contributed by atoms with Gasteiger partial charge in [0.05, 0.1) is 5.02 Å². The number of ether oxygens (including phenoxy) is 1. The van der Waals surface area contributed by atoms with Gasteiger partial charge in [0.2, 0.25) is 0 Å². The van der Waals surface area contributed by atoms with Gasteiger partial charge in [-0.25, -0.2) is 4.98 Å². The molecular weight excluding hydrogens is 340 g/mol. The van der Waals surface area contributed by atoms with Crippen LogP contribution in [0.2, 0.25) is 5.02 Å². The van der Waals surface area contributed by atoms with Crippen molar-refractivity contribution in [2.45, 2.75) is 31.8 Å². The average molecular weight is 357 g/mol. The third kappa shape index (κ3) is 3.46. The van der Waals surface area contributed by atoms with Crippen molar-refractivity contribution in [3.05, 3.63) is 53.4 Å². The molecule has 0 saturated heterocycles. The highest BCUT2D eigenvalue weighted by molar-refractivity contribution is 6.32. The van der Waals surface area contributed by atoms with Gasteiger partial charge in [-0.2, -0.15) is 0 Å². The first kappa shape index (κ1) is 16.0. The fourth-order valence-electron chi connectivity index (χ4n) is 2.56. The molecule has 1 amide bonds. The van der Waals surface area contributed by atoms with E-state index in [2.05, 4.69) is 10.3 Å². The molecule has 0 spiro atoms. The van der Waals surface area contributed by atoms with Crippen molar-refractivity contribution < 1.29 is 13.9 Å². The van der Waals surface area contributed by atoms with Crippen LogP contribution in [0.3, 0.4) is 0 Å². The Bertz CT molecular complexity index is 933. The summed E-state index contributed by atoms with van der Waals surface area (Å²) in [5, 5.41) is 3.31. The molecule has 0 aliphatic heterocycles. The summed E-state index contributed by atoms with van der Waals surface area (Å²) >= 11 is 6.06. The monoisotopic (exact) mass is 356 g/mol. The third-order valence-corrected chi connectivity index (χ3v) is 4.42. The topological polar surface area (TPSA) is 64.4 Å². The van der Waals surface area contributed by atoms with Crippen molar-refractivity contribution in [1.29, 1.82) is 0 Å². The van der Waals surface area contributed by atoms with Gasteiger partial charge < -0.3 is 14.5 Å². The molecule has 1 saturated carbocycles. The Balaban J connectivity index is 1.46. The van der Waals surface area contributed by atoms with E-state index >= 15 is 0 Å². The van der Waals surface area contributed by atoms with Crippen LogP contribution in [0.15, 0.2) is 46.9 Å². The van der Waals surface area contributed by atoms with E-state index in [1.165, 1.54) is 0 Å². The quantitative estimate of drug-likeness (QED) is 0.715. The van der Waals surface area contributed by atoms with E-state index < -0.39 is 6.10 Å². The Morgan fingerprint density at radius 1 is 1.32 bits per heavy atom. The van der Waals surface area contributed by atoms with Gasteiger partial charge in [-0.3, -0.25) is 4.79 Å². The predicted octanol–water partition coefficient (Wildman–Crippen LogP) is 4.76. The number of benzene rings is 2. The molecule has 128 valence electrons. The molecule has 1 heterocycles. The molecule has 1 aliphatic carbocycles. The van der Waals surface area contributed by atoms with Crippen LogP contribution in [-0.4, -0.2) is 17.0 Å². The van der Waals surface area contributed by atoms with E-state index in [0.717, 1.165) is 29.8 Å². The minimum Gasteiger partial charge on any atom is -0.479 e. The molecule has 4 rings (SSSR count). The molecule has 1 atom stereocenters. The van der Waals surface area contributed by atoms with Crippen LogP contribution in [0.25, 0.3) is 11.1 Å². The summed E-state index contributed by atoms with van der Waals surface area (Å²) in [6.45, 7) is 1.68. The van der Waals surface area contributed by atoms with Crippen molar-refractivity contribution in [3.63, 3.8) is 0 Å². The van der Waals surface area contributed by atoms with Gasteiger partial charge in [-0.15, -0.1) is 0 Å². The van der Waals surface area contributed by atoms with Gasteiger partial charge in [-0.05, 0) is 50.1 Å². The molecule has 1 aromatic heterocycles. The third-order valence-electron chi connectivity index (χ3n) is 4.11. The number of fused-ring (bicyclic) bond motifs is 1. The number of amides is 1. The van der Waals surface area contributed by atoms with E-state index in [1.54, 1.807) is 25.1 Å². The Labute approximate surface area is 149 Å². The van der Waals surface area contributed by atoms with Gasteiger partial charge in [0.1, 0.15) is 11.3 Å². The van der Waals surface area contributed by atoms with E-state index in [9.17, 15) is 4.79 Å². The lowest BCUT2D eigenvalue weighted by Gasteiger charge is -2.15. The Morgan fingerprint density at radius 2 is 2.12 bits per heavy atom. The summed E-state index contributed by atoms with van der Waals surface area (Å²) in [5.74, 6) is 1.46. The summed E-state index contributed by atoms with van der Waals surface area (Å²) in [5.41, 5.74) is 2.14. The van der Waals surface area contributed by atoms with Crippen LogP contribution in [0.5, 0.6) is 5.75 Å². The highest BCUT2D eigenvalue weighted by atomic mass is 35.5. The van der Waals surface area contributed by atoms with Gasteiger partial charge in [0.25, 0.3) is 5.91 Å². The SMILES string of the molecule is CC(Oc1ccccc1Cl)C(=O)Nc1ccc2oc(C3CC3)nc2c1. The number of nitrogens with zero attached hydrogens (tertiary/aromatic N) is 1. The van der Waals surface area contributed by atoms with Gasteiger partial charge in [0, 0.05) is 11.6 Å². The molecule has 0 bridgehead atoms. The maximum Gasteiger partial charge on any atom is 0.265 e. The van der Waals surface area contributed by atoms with Gasteiger partial charge >= 0.3 is 0 Å². The zero-order valence-corrected chi connectivity index (χ0v) is 14.4. The van der Waals surface area contributed by atoms with E-state index in [1.807, 2.05) is 24.3 Å². The second-order valence-electron chi connectivity index (χ2n) is 6.19. The van der Waals surface area contributed by atoms with Crippen molar-refractivity contribution in [2.75, 3.05) is 5.32 Å². The summed E-state index contributed by atoms with van der Waals surface area (Å²) in [4.78, 5) is 16.9. The van der Waals surface area contributed by atoms with Crippen molar-refractivity contribution in [2.24, 2.45) is 0 Å². The van der Waals surface area contributed by atoms with Crippen molar-refractivity contribution in [1.82, 2.24) is 4.98 Å². The first-order valence-electron chi connectivity index (χ1n) is 8.22. The summed E-state index contributed by atoms with van der Waals surface area (Å²) < 4.78 is 11.4. The number of para-hydroxylation sites is 1. The zero-order chi connectivity index (χ0) is 17.4. The Kier molecular flexibility index (Phi) is 4.09. The van der Waals surface area contributed by atoms with Gasteiger partial charge in [-0.1, -0.05) is 23.7 Å². The molecule has 1 fully saturated rings. The lowest BCUT2D eigenvalue weighted by atomic mass is 10.2. The molecule has 25 heavy (non-hydrogen) atoms. The van der Waals surface area contributed by atoms with Crippen LogP contribution < -0.4 is 10.1 Å². The Morgan fingerprint density at radius 3 is 2.88 bits per heavy atom. The second kappa shape index (κ2) is 6.41. The molecule has 1 aliphatic rings. The number of nitrogens with one attached hydrogen (secondary N) is 1. The molecule has 2 aromatic carbocycles. The standard InChI is InChI=1S/C19H17ClN2O3/c1-11(24-16-5-3-2-4-14(16)20)18(23)21-13-8-9-17-15(10-13)22-19(25-17)12-6-7-12/h2-5,8-12H,6-7H2,1H3,(H,21,23). The number of rotatable bonds is 5. The van der Waals surface area contributed by atoms with Crippen LogP contribution in [0.1, 0.15) is 31.6 Å². The molecule has 5 nitrogen and oxygen atoms in total. The molecule has 1 N–H and O–H groups in total. The fraction of sp³-hybridized carbons (Fsp3) is 0.263. The highest BCUT2D eigenvalue weighted by Crippen LogP contribution is 2.40. The minimum atomic E-state index is -0.685. The first-order chi connectivity index (χ1) is 12.1. The smallest absolute Gasteiger partial charge is 0.265 e. The zero-order valence-electron chi connectivity index (χ0n) is 13.7. The lowest BCUT2D eigenvalue weighted by molar-refractivity contribution is -0.122. The molecular formula is C19H17ClN2O3. The largest absolute Gasteiger partial charge is 0.479 e. The number of oxazole rings is 1. The average Bonchev–Trinajstić information content (AvgIpc) is 3.36. The fourth-order valence-corrected chi connectivity index (χ4v) is 2.74. The molecule has 6 heteroatoms. The number of hydrogen-bond acceptors (Lipinski definition) is 4. The number of carbonyl (C=O) groups excluding carboxylic acids is 1. The number of anilines is 1. The van der Waals surface area contributed by atoms with E-state index in [-0.39, 0.29) is 5.91 Å². The maximum absolute atomic E-state index is 12.4. The predicted molar refractivity (Wildman–Crippen MR) is 96.2 cm³/mol. The Hall–Kier alpha value is -2.53. The lowest BCUT2D eigenvalue weighted by Crippen LogP contribution is -2.30. The van der Waals surface area contributed by atoms with Crippen molar-refractivity contribution in [3.8, 4) is 5.75 Å².